The normalized spacial score (nSPS) is 14.7. The van der Waals surface area contributed by atoms with Gasteiger partial charge in [-0.3, -0.25) is 18.6 Å². The second-order valence-electron chi connectivity index (χ2n) is 12.4. The molecule has 0 heterocycles. The van der Waals surface area contributed by atoms with Gasteiger partial charge in [-0.1, -0.05) is 99.8 Å². The Hall–Kier alpha value is -2.33. The van der Waals surface area contributed by atoms with E-state index in [1.54, 1.807) is 0 Å². The number of carbonyl (C=O) groups is 2. The molecule has 288 valence electrons. The lowest BCUT2D eigenvalue weighted by Gasteiger charge is -2.19. The maximum Gasteiger partial charge on any atom is 0.472 e. The van der Waals surface area contributed by atoms with E-state index in [2.05, 4.69) is 55.5 Å². The van der Waals surface area contributed by atoms with E-state index in [9.17, 15) is 24.2 Å². The van der Waals surface area contributed by atoms with Crippen molar-refractivity contribution in [2.45, 2.75) is 148 Å². The summed E-state index contributed by atoms with van der Waals surface area (Å²) in [5.74, 6) is -0.931. The van der Waals surface area contributed by atoms with Crippen molar-refractivity contribution in [1.29, 1.82) is 0 Å². The fourth-order valence-electron chi connectivity index (χ4n) is 4.57. The van der Waals surface area contributed by atoms with E-state index in [4.69, 9.17) is 24.3 Å². The molecule has 0 radical (unpaired) electrons. The average molecular weight is 726 g/mol. The summed E-state index contributed by atoms with van der Waals surface area (Å²) in [6.45, 7) is 3.12. The van der Waals surface area contributed by atoms with Crippen LogP contribution >= 0.6 is 7.82 Å². The molecule has 0 saturated carbocycles. The van der Waals surface area contributed by atoms with Crippen LogP contribution in [0.3, 0.4) is 0 Å². The molecule has 11 heteroatoms. The molecule has 0 saturated heterocycles. The van der Waals surface area contributed by atoms with Gasteiger partial charge in [0.1, 0.15) is 6.61 Å². The first kappa shape index (κ1) is 47.7. The molecule has 0 aliphatic heterocycles. The standard InChI is InChI=1S/C39H68NO9P/c1-3-4-5-6-7-8-14-18-21-24-27-30-38(42)46-34-37(35-48-50(44,45)47-33-32-40)49-39(43)31-28-25-22-19-16-13-11-9-10-12-15-17-20-23-26-29-36(2)41/h6-7,10-13,17,19-20,22,36-37,41H,3-5,8-9,14-16,18,21,23-35,40H2,1-2H3,(H,44,45)/b7-6-,12-10-,13-11-,20-17-,22-19-/t36-,37+/m0/s1. The highest BCUT2D eigenvalue weighted by molar-refractivity contribution is 7.47. The summed E-state index contributed by atoms with van der Waals surface area (Å²) in [5.41, 5.74) is 5.32. The lowest BCUT2D eigenvalue weighted by molar-refractivity contribution is -0.161. The third kappa shape index (κ3) is 35.5. The molecular formula is C39H68NO9P. The van der Waals surface area contributed by atoms with Crippen molar-refractivity contribution in [3.63, 3.8) is 0 Å². The Kier molecular flexibility index (Phi) is 33.5. The zero-order valence-electron chi connectivity index (χ0n) is 31.0. The van der Waals surface area contributed by atoms with Gasteiger partial charge in [0.2, 0.25) is 0 Å². The molecule has 0 aromatic rings. The van der Waals surface area contributed by atoms with E-state index in [-0.39, 0.29) is 38.7 Å². The Labute approximate surface area is 302 Å². The number of phosphoric acid groups is 1. The zero-order chi connectivity index (χ0) is 37.0. The van der Waals surface area contributed by atoms with Gasteiger partial charge in [-0.2, -0.15) is 0 Å². The molecule has 0 bridgehead atoms. The number of allylic oxidation sites excluding steroid dienone is 10. The van der Waals surface area contributed by atoms with Gasteiger partial charge in [-0.25, -0.2) is 4.57 Å². The monoisotopic (exact) mass is 725 g/mol. The summed E-state index contributed by atoms with van der Waals surface area (Å²) in [6.07, 6.45) is 36.8. The van der Waals surface area contributed by atoms with Crippen LogP contribution in [-0.4, -0.2) is 60.5 Å². The lowest BCUT2D eigenvalue weighted by Crippen LogP contribution is -2.29. The first-order valence-corrected chi connectivity index (χ1v) is 20.3. The van der Waals surface area contributed by atoms with Crippen molar-refractivity contribution in [2.24, 2.45) is 5.73 Å². The number of ether oxygens (including phenoxy) is 2. The summed E-state index contributed by atoms with van der Waals surface area (Å²) >= 11 is 0. The summed E-state index contributed by atoms with van der Waals surface area (Å²) in [7, 11) is -4.40. The molecule has 1 unspecified atom stereocenters. The van der Waals surface area contributed by atoms with Gasteiger partial charge in [-0.15, -0.1) is 0 Å². The van der Waals surface area contributed by atoms with Crippen LogP contribution < -0.4 is 5.73 Å². The predicted molar refractivity (Wildman–Crippen MR) is 202 cm³/mol. The van der Waals surface area contributed by atoms with Crippen LogP contribution in [0.4, 0.5) is 0 Å². The number of hydrogen-bond acceptors (Lipinski definition) is 9. The molecule has 3 atom stereocenters. The number of rotatable bonds is 34. The Balaban J connectivity index is 4.36. The summed E-state index contributed by atoms with van der Waals surface area (Å²) in [4.78, 5) is 34.6. The number of hydrogen-bond donors (Lipinski definition) is 3. The number of esters is 2. The topological polar surface area (TPSA) is 155 Å². The largest absolute Gasteiger partial charge is 0.472 e. The van der Waals surface area contributed by atoms with Crippen LogP contribution in [0.25, 0.3) is 0 Å². The summed E-state index contributed by atoms with van der Waals surface area (Å²) < 4.78 is 32.5. The number of nitrogens with two attached hydrogens (primary N) is 1. The van der Waals surface area contributed by atoms with Gasteiger partial charge in [-0.05, 0) is 84.0 Å². The minimum absolute atomic E-state index is 0.0356. The first-order chi connectivity index (χ1) is 24.2. The van der Waals surface area contributed by atoms with Gasteiger partial charge in [0, 0.05) is 19.4 Å². The molecule has 0 aliphatic rings. The number of phosphoric ester groups is 1. The van der Waals surface area contributed by atoms with Gasteiger partial charge >= 0.3 is 19.8 Å². The molecule has 0 rings (SSSR count). The molecule has 0 aromatic carbocycles. The van der Waals surface area contributed by atoms with E-state index in [0.717, 1.165) is 77.0 Å². The quantitative estimate of drug-likeness (QED) is 0.0253. The molecule has 0 fully saturated rings. The van der Waals surface area contributed by atoms with Crippen LogP contribution in [0.1, 0.15) is 136 Å². The minimum Gasteiger partial charge on any atom is -0.462 e. The van der Waals surface area contributed by atoms with Crippen LogP contribution in [0.2, 0.25) is 0 Å². The van der Waals surface area contributed by atoms with Crippen molar-refractivity contribution in [2.75, 3.05) is 26.4 Å². The minimum atomic E-state index is -4.40. The molecule has 0 aromatic heterocycles. The average Bonchev–Trinajstić information content (AvgIpc) is 3.08. The highest BCUT2D eigenvalue weighted by Gasteiger charge is 2.25. The van der Waals surface area contributed by atoms with E-state index >= 15 is 0 Å². The molecule has 0 amide bonds. The van der Waals surface area contributed by atoms with E-state index in [1.807, 2.05) is 19.1 Å². The first-order valence-electron chi connectivity index (χ1n) is 18.8. The third-order valence-corrected chi connectivity index (χ3v) is 8.38. The fraction of sp³-hybridized carbons (Fsp3) is 0.692. The number of carbonyl (C=O) groups excluding carboxylic acids is 2. The summed E-state index contributed by atoms with van der Waals surface area (Å²) in [5, 5.41) is 9.25. The fourth-order valence-corrected chi connectivity index (χ4v) is 5.33. The second-order valence-corrected chi connectivity index (χ2v) is 13.8. The summed E-state index contributed by atoms with van der Waals surface area (Å²) in [6, 6.07) is 0. The second kappa shape index (κ2) is 35.1. The van der Waals surface area contributed by atoms with Crippen molar-refractivity contribution >= 4 is 19.8 Å². The van der Waals surface area contributed by atoms with Crippen LogP contribution in [0.5, 0.6) is 0 Å². The Morgan fingerprint density at radius 2 is 1.20 bits per heavy atom. The van der Waals surface area contributed by atoms with Crippen molar-refractivity contribution in [3.05, 3.63) is 60.8 Å². The van der Waals surface area contributed by atoms with Gasteiger partial charge < -0.3 is 25.2 Å². The molecule has 10 nitrogen and oxygen atoms in total. The van der Waals surface area contributed by atoms with Gasteiger partial charge in [0.05, 0.1) is 19.3 Å². The highest BCUT2D eigenvalue weighted by atomic mass is 31.2. The molecule has 0 aliphatic carbocycles. The lowest BCUT2D eigenvalue weighted by atomic mass is 10.1. The number of aliphatic hydroxyl groups excluding tert-OH is 1. The van der Waals surface area contributed by atoms with Gasteiger partial charge in [0.15, 0.2) is 6.10 Å². The van der Waals surface area contributed by atoms with Crippen molar-refractivity contribution in [3.8, 4) is 0 Å². The van der Waals surface area contributed by atoms with Crippen molar-refractivity contribution in [1.82, 2.24) is 0 Å². The van der Waals surface area contributed by atoms with Crippen LogP contribution in [0, 0.1) is 0 Å². The third-order valence-electron chi connectivity index (χ3n) is 7.39. The maximum absolute atomic E-state index is 12.5. The van der Waals surface area contributed by atoms with E-state index in [1.165, 1.54) is 12.8 Å². The number of aliphatic hydroxyl groups is 1. The molecule has 0 spiro atoms. The number of unbranched alkanes of at least 4 members (excludes halogenated alkanes) is 9. The smallest absolute Gasteiger partial charge is 0.462 e. The highest BCUT2D eigenvalue weighted by Crippen LogP contribution is 2.43. The molecular weight excluding hydrogens is 657 g/mol. The predicted octanol–water partition coefficient (Wildman–Crippen LogP) is 9.13. The molecule has 4 N–H and O–H groups in total. The maximum atomic E-state index is 12.5. The van der Waals surface area contributed by atoms with E-state index < -0.39 is 32.5 Å². The Morgan fingerprint density at radius 3 is 1.82 bits per heavy atom. The Morgan fingerprint density at radius 1 is 0.680 bits per heavy atom. The Bertz CT molecular complexity index is 1020. The van der Waals surface area contributed by atoms with Crippen LogP contribution in [0.15, 0.2) is 60.8 Å². The van der Waals surface area contributed by atoms with Crippen molar-refractivity contribution < 1.29 is 42.7 Å². The SMILES string of the molecule is CCCC/C=C\CCCCCCCC(=O)OC[C@H](COP(=O)(O)OCCN)OC(=O)CCC/C=C\C/C=C\C/C=C\C/C=C\CCC[C@H](C)O. The zero-order valence-corrected chi connectivity index (χ0v) is 31.9. The molecule has 50 heavy (non-hydrogen) atoms. The van der Waals surface area contributed by atoms with E-state index in [0.29, 0.717) is 19.3 Å². The van der Waals surface area contributed by atoms with Gasteiger partial charge in [0.25, 0.3) is 0 Å². The van der Waals surface area contributed by atoms with Crippen LogP contribution in [-0.2, 0) is 32.7 Å².